The Labute approximate surface area is 184 Å². The number of Topliss-reactive ketones (excluding diaryl/α,β-unsaturated/α-hetero) is 2. The second-order valence-corrected chi connectivity index (χ2v) is 9.08. The molecule has 0 saturated heterocycles. The first-order chi connectivity index (χ1) is 13.6. The molecular weight excluding hydrogens is 454 g/mol. The number of allylic oxidation sites excluding steroid dienone is 1. The van der Waals surface area contributed by atoms with Gasteiger partial charge in [0.25, 0.3) is 0 Å². The maximum Gasteiger partial charge on any atom is 0.158 e. The predicted molar refractivity (Wildman–Crippen MR) is 119 cm³/mol. The van der Waals surface area contributed by atoms with Crippen molar-refractivity contribution in [1.82, 2.24) is 0 Å². The van der Waals surface area contributed by atoms with Crippen molar-refractivity contribution in [2.24, 2.45) is 5.92 Å². The Morgan fingerprint density at radius 1 is 1.10 bits per heavy atom. The molecule has 4 nitrogen and oxygen atoms in total. The van der Waals surface area contributed by atoms with Gasteiger partial charge in [0.15, 0.2) is 5.78 Å². The van der Waals surface area contributed by atoms with Crippen LogP contribution < -0.4 is 5.32 Å². The first-order valence-electron chi connectivity index (χ1n) is 9.35. The van der Waals surface area contributed by atoms with Crippen LogP contribution in [0.2, 0.25) is 5.02 Å². The number of aliphatic hydroxyl groups is 1. The van der Waals surface area contributed by atoms with E-state index in [0.29, 0.717) is 16.3 Å². The number of rotatable bonds is 5. The van der Waals surface area contributed by atoms with Gasteiger partial charge in [-0.15, -0.1) is 0 Å². The Balaban J connectivity index is 2.19. The fourth-order valence-electron chi connectivity index (χ4n) is 4.23. The highest BCUT2D eigenvalue weighted by molar-refractivity contribution is 9.10. The summed E-state index contributed by atoms with van der Waals surface area (Å²) in [6.45, 7) is 4.62. The maximum atomic E-state index is 12.8. The van der Waals surface area contributed by atoms with Crippen LogP contribution in [-0.4, -0.2) is 22.3 Å². The monoisotopic (exact) mass is 475 g/mol. The normalized spacial score (nSPS) is 24.3. The van der Waals surface area contributed by atoms with Crippen molar-refractivity contribution in [3.8, 4) is 0 Å². The zero-order valence-electron chi connectivity index (χ0n) is 16.5. The summed E-state index contributed by atoms with van der Waals surface area (Å²) in [5, 5.41) is 15.1. The van der Waals surface area contributed by atoms with Crippen LogP contribution in [0.15, 0.2) is 64.3 Å². The Morgan fingerprint density at radius 2 is 1.69 bits per heavy atom. The van der Waals surface area contributed by atoms with E-state index >= 15 is 0 Å². The molecule has 0 radical (unpaired) electrons. The van der Waals surface area contributed by atoms with Gasteiger partial charge in [0.1, 0.15) is 5.78 Å². The smallest absolute Gasteiger partial charge is 0.158 e. The average Bonchev–Trinajstić information content (AvgIpc) is 2.62. The van der Waals surface area contributed by atoms with Crippen molar-refractivity contribution in [3.63, 3.8) is 0 Å². The van der Waals surface area contributed by atoms with Crippen LogP contribution in [0.25, 0.3) is 0 Å². The third-order valence-corrected chi connectivity index (χ3v) is 6.14. The zero-order chi connectivity index (χ0) is 21.3. The Morgan fingerprint density at radius 3 is 2.21 bits per heavy atom. The molecular formula is C23H23BrClNO3. The summed E-state index contributed by atoms with van der Waals surface area (Å²) in [5.74, 6) is -1.59. The molecule has 2 aromatic rings. The number of carbonyl (C=O) groups is 2. The van der Waals surface area contributed by atoms with Gasteiger partial charge in [-0.05, 0) is 62.7 Å². The van der Waals surface area contributed by atoms with Crippen LogP contribution in [0, 0.1) is 5.92 Å². The molecule has 1 aliphatic rings. The number of ketones is 2. The Hall–Kier alpha value is -1.95. The lowest BCUT2D eigenvalue weighted by atomic mass is 9.64. The molecule has 2 aromatic carbocycles. The quantitative estimate of drug-likeness (QED) is 0.598. The molecule has 0 heterocycles. The van der Waals surface area contributed by atoms with Gasteiger partial charge in [-0.25, -0.2) is 0 Å². The highest BCUT2D eigenvalue weighted by Crippen LogP contribution is 2.47. The van der Waals surface area contributed by atoms with Crippen molar-refractivity contribution in [2.75, 3.05) is 5.32 Å². The van der Waals surface area contributed by atoms with E-state index in [1.54, 1.807) is 19.1 Å². The number of halogens is 2. The third-order valence-electron chi connectivity index (χ3n) is 5.36. The van der Waals surface area contributed by atoms with E-state index in [-0.39, 0.29) is 18.0 Å². The molecule has 0 saturated carbocycles. The summed E-state index contributed by atoms with van der Waals surface area (Å²) >= 11 is 9.45. The van der Waals surface area contributed by atoms with Crippen LogP contribution in [-0.2, 0) is 9.59 Å². The summed E-state index contributed by atoms with van der Waals surface area (Å²) in [4.78, 5) is 25.3. The van der Waals surface area contributed by atoms with E-state index in [1.165, 1.54) is 13.8 Å². The molecule has 3 atom stereocenters. The molecule has 0 aliphatic heterocycles. The second-order valence-electron chi connectivity index (χ2n) is 7.73. The predicted octanol–water partition coefficient (Wildman–Crippen LogP) is 5.50. The molecule has 152 valence electrons. The summed E-state index contributed by atoms with van der Waals surface area (Å²) < 4.78 is 0.940. The van der Waals surface area contributed by atoms with E-state index in [2.05, 4.69) is 21.2 Å². The van der Waals surface area contributed by atoms with Gasteiger partial charge in [0, 0.05) is 38.8 Å². The van der Waals surface area contributed by atoms with Gasteiger partial charge in [0.2, 0.25) is 0 Å². The fourth-order valence-corrected chi connectivity index (χ4v) is 4.62. The highest BCUT2D eigenvalue weighted by Gasteiger charge is 2.49. The van der Waals surface area contributed by atoms with E-state index in [4.69, 9.17) is 11.6 Å². The fraction of sp³-hybridized carbons (Fsp3) is 0.304. The number of hydrogen-bond donors (Lipinski definition) is 2. The highest BCUT2D eigenvalue weighted by atomic mass is 79.9. The van der Waals surface area contributed by atoms with Gasteiger partial charge in [-0.3, -0.25) is 9.59 Å². The number of anilines is 1. The molecule has 0 spiro atoms. The lowest BCUT2D eigenvalue weighted by Gasteiger charge is -2.43. The molecule has 3 rings (SSSR count). The molecule has 29 heavy (non-hydrogen) atoms. The SMILES string of the molecule is CC(=O)C1=C(Nc2ccc(Br)cc2)C[C@@](C)(O)[C@@H](C(C)=O)[C@H]1c1ccc(Cl)cc1. The topological polar surface area (TPSA) is 66.4 Å². The number of benzene rings is 2. The van der Waals surface area contributed by atoms with Crippen molar-refractivity contribution < 1.29 is 14.7 Å². The molecule has 0 unspecified atom stereocenters. The molecule has 0 aromatic heterocycles. The molecule has 0 fully saturated rings. The van der Waals surface area contributed by atoms with Gasteiger partial charge < -0.3 is 10.4 Å². The minimum absolute atomic E-state index is 0.133. The van der Waals surface area contributed by atoms with E-state index in [9.17, 15) is 14.7 Å². The van der Waals surface area contributed by atoms with E-state index in [1.807, 2.05) is 36.4 Å². The Kier molecular flexibility index (Phi) is 6.32. The summed E-state index contributed by atoms with van der Waals surface area (Å²) in [6, 6.07) is 14.7. The first kappa shape index (κ1) is 21.8. The average molecular weight is 477 g/mol. The van der Waals surface area contributed by atoms with Crippen molar-refractivity contribution in [3.05, 3.63) is 74.9 Å². The van der Waals surface area contributed by atoms with Crippen LogP contribution in [0.5, 0.6) is 0 Å². The standard InChI is InChI=1S/C23H23BrClNO3/c1-13(27)20-19(26-18-10-6-16(24)7-11-18)12-23(3,29)22(14(2)28)21(20)15-4-8-17(25)9-5-15/h4-11,21-22,26,29H,12H2,1-3H3/t21-,22-,23+/m0/s1. The summed E-state index contributed by atoms with van der Waals surface area (Å²) in [5.41, 5.74) is 1.40. The van der Waals surface area contributed by atoms with Gasteiger partial charge >= 0.3 is 0 Å². The minimum atomic E-state index is -1.31. The van der Waals surface area contributed by atoms with Gasteiger partial charge in [-0.1, -0.05) is 39.7 Å². The van der Waals surface area contributed by atoms with E-state index in [0.717, 1.165) is 15.7 Å². The molecule has 1 aliphatic carbocycles. The summed E-state index contributed by atoms with van der Waals surface area (Å²) in [7, 11) is 0. The third kappa shape index (κ3) is 4.63. The van der Waals surface area contributed by atoms with Gasteiger partial charge in [-0.2, -0.15) is 0 Å². The molecule has 0 amide bonds. The second kappa shape index (κ2) is 8.42. The van der Waals surface area contributed by atoms with Crippen LogP contribution in [0.1, 0.15) is 38.7 Å². The van der Waals surface area contributed by atoms with E-state index < -0.39 is 17.4 Å². The van der Waals surface area contributed by atoms with Crippen molar-refractivity contribution >= 4 is 44.8 Å². The lowest BCUT2D eigenvalue weighted by Crippen LogP contribution is -2.48. The molecule has 0 bridgehead atoms. The van der Waals surface area contributed by atoms with Crippen molar-refractivity contribution in [2.45, 2.75) is 38.7 Å². The van der Waals surface area contributed by atoms with Crippen LogP contribution in [0.3, 0.4) is 0 Å². The van der Waals surface area contributed by atoms with Crippen LogP contribution >= 0.6 is 27.5 Å². The minimum Gasteiger partial charge on any atom is -0.389 e. The first-order valence-corrected chi connectivity index (χ1v) is 10.5. The summed E-state index contributed by atoms with van der Waals surface area (Å²) in [6.07, 6.45) is 0.173. The number of carbonyl (C=O) groups excluding carboxylic acids is 2. The van der Waals surface area contributed by atoms with Gasteiger partial charge in [0.05, 0.1) is 11.5 Å². The number of hydrogen-bond acceptors (Lipinski definition) is 4. The maximum absolute atomic E-state index is 12.8. The Bertz CT molecular complexity index is 965. The largest absolute Gasteiger partial charge is 0.389 e. The lowest BCUT2D eigenvalue weighted by molar-refractivity contribution is -0.131. The zero-order valence-corrected chi connectivity index (χ0v) is 18.8. The molecule has 6 heteroatoms. The van der Waals surface area contributed by atoms with Crippen LogP contribution in [0.4, 0.5) is 5.69 Å². The van der Waals surface area contributed by atoms with Crippen molar-refractivity contribution in [1.29, 1.82) is 0 Å². The molecule has 2 N–H and O–H groups in total. The number of nitrogens with one attached hydrogen (secondary N) is 1.